The van der Waals surface area contributed by atoms with Crippen molar-refractivity contribution in [2.75, 3.05) is 11.9 Å². The van der Waals surface area contributed by atoms with Crippen molar-refractivity contribution in [2.24, 2.45) is 0 Å². The molecule has 2 unspecified atom stereocenters. The summed E-state index contributed by atoms with van der Waals surface area (Å²) in [6, 6.07) is 6.47. The fourth-order valence-electron chi connectivity index (χ4n) is 2.01. The molecule has 16 heavy (non-hydrogen) atoms. The topological polar surface area (TPSA) is 60.7 Å². The molecule has 4 nitrogen and oxygen atoms in total. The molecular weight excluding hydrogens is 200 g/mol. The van der Waals surface area contributed by atoms with E-state index in [4.69, 9.17) is 5.26 Å². The Morgan fingerprint density at radius 3 is 3.25 bits per heavy atom. The smallest absolute Gasteiger partial charge is 0.127 e. The van der Waals surface area contributed by atoms with Gasteiger partial charge in [-0.1, -0.05) is 0 Å². The molecule has 0 radical (unpaired) electrons. The Kier molecular flexibility index (Phi) is 3.37. The average molecular weight is 216 g/mol. The molecule has 84 valence electrons. The van der Waals surface area contributed by atoms with Crippen LogP contribution in [0.15, 0.2) is 18.3 Å². The minimum Gasteiger partial charge on any atom is -0.366 e. The van der Waals surface area contributed by atoms with E-state index in [1.54, 1.807) is 18.3 Å². The molecule has 1 aromatic rings. The second-order valence-corrected chi connectivity index (χ2v) is 4.18. The molecule has 1 aromatic heterocycles. The molecule has 1 saturated heterocycles. The van der Waals surface area contributed by atoms with E-state index in [-0.39, 0.29) is 0 Å². The number of nitrogens with one attached hydrogen (secondary N) is 2. The lowest BCUT2D eigenvalue weighted by Crippen LogP contribution is -2.46. The van der Waals surface area contributed by atoms with Gasteiger partial charge in [-0.3, -0.25) is 0 Å². The Morgan fingerprint density at radius 2 is 2.50 bits per heavy atom. The second-order valence-electron chi connectivity index (χ2n) is 4.18. The summed E-state index contributed by atoms with van der Waals surface area (Å²) in [7, 11) is 0. The summed E-state index contributed by atoms with van der Waals surface area (Å²) in [6.45, 7) is 3.26. The van der Waals surface area contributed by atoms with Crippen molar-refractivity contribution in [3.8, 4) is 6.07 Å². The minimum atomic E-state index is 0.398. The van der Waals surface area contributed by atoms with Gasteiger partial charge in [0.25, 0.3) is 0 Å². The molecule has 2 rings (SSSR count). The van der Waals surface area contributed by atoms with Crippen LogP contribution in [-0.2, 0) is 0 Å². The molecule has 2 N–H and O–H groups in total. The predicted molar refractivity (Wildman–Crippen MR) is 63.1 cm³/mol. The first kappa shape index (κ1) is 10.9. The highest BCUT2D eigenvalue weighted by molar-refractivity contribution is 5.43. The first-order valence-electron chi connectivity index (χ1n) is 5.65. The van der Waals surface area contributed by atoms with Crippen LogP contribution < -0.4 is 10.6 Å². The maximum atomic E-state index is 8.80. The highest BCUT2D eigenvalue weighted by Gasteiger charge is 2.20. The van der Waals surface area contributed by atoms with Gasteiger partial charge in [0.1, 0.15) is 5.82 Å². The number of nitriles is 1. The number of piperidine rings is 1. The number of hydrogen-bond donors (Lipinski definition) is 2. The van der Waals surface area contributed by atoms with Crippen LogP contribution in [0.5, 0.6) is 0 Å². The van der Waals surface area contributed by atoms with Gasteiger partial charge in [0.15, 0.2) is 0 Å². The van der Waals surface area contributed by atoms with Gasteiger partial charge >= 0.3 is 0 Å². The summed E-state index contributed by atoms with van der Waals surface area (Å²) in [5, 5.41) is 15.6. The number of aromatic nitrogens is 1. The molecular formula is C12H16N4. The van der Waals surface area contributed by atoms with Crippen molar-refractivity contribution in [1.82, 2.24) is 10.3 Å². The quantitative estimate of drug-likeness (QED) is 0.786. The van der Waals surface area contributed by atoms with Crippen molar-refractivity contribution in [2.45, 2.75) is 31.8 Å². The van der Waals surface area contributed by atoms with Crippen molar-refractivity contribution in [3.05, 3.63) is 23.9 Å². The number of nitrogens with zero attached hydrogens (tertiary/aromatic N) is 2. The van der Waals surface area contributed by atoms with E-state index in [1.165, 1.54) is 6.42 Å². The summed E-state index contributed by atoms with van der Waals surface area (Å²) >= 11 is 0. The van der Waals surface area contributed by atoms with Gasteiger partial charge in [-0.15, -0.1) is 0 Å². The van der Waals surface area contributed by atoms with Crippen molar-refractivity contribution in [3.63, 3.8) is 0 Å². The van der Waals surface area contributed by atoms with Crippen LogP contribution >= 0.6 is 0 Å². The standard InChI is InChI=1S/C12H16N4/c1-9-11(3-2-5-14-9)16-12-7-10(8-13)4-6-15-12/h4,6-7,9,11,14H,2-3,5H2,1H3,(H,15,16). The van der Waals surface area contributed by atoms with E-state index in [0.29, 0.717) is 17.6 Å². The molecule has 0 spiro atoms. The number of rotatable bonds is 2. The molecule has 0 saturated carbocycles. The van der Waals surface area contributed by atoms with E-state index in [1.807, 2.05) is 0 Å². The molecule has 2 heterocycles. The number of pyridine rings is 1. The fourth-order valence-corrected chi connectivity index (χ4v) is 2.01. The molecule has 1 aliphatic rings. The van der Waals surface area contributed by atoms with E-state index in [9.17, 15) is 0 Å². The average Bonchev–Trinajstić information content (AvgIpc) is 2.32. The van der Waals surface area contributed by atoms with Crippen LogP contribution in [0, 0.1) is 11.3 Å². The van der Waals surface area contributed by atoms with Crippen LogP contribution in [0.2, 0.25) is 0 Å². The summed E-state index contributed by atoms with van der Waals surface area (Å²) in [4.78, 5) is 4.23. The van der Waals surface area contributed by atoms with Gasteiger partial charge in [0, 0.05) is 18.3 Å². The molecule has 0 aliphatic carbocycles. The van der Waals surface area contributed by atoms with E-state index >= 15 is 0 Å². The molecule has 2 atom stereocenters. The van der Waals surface area contributed by atoms with Gasteiger partial charge in [-0.25, -0.2) is 4.98 Å². The third-order valence-electron chi connectivity index (χ3n) is 2.98. The lowest BCUT2D eigenvalue weighted by Gasteiger charge is -2.31. The van der Waals surface area contributed by atoms with Crippen molar-refractivity contribution >= 4 is 5.82 Å². The zero-order chi connectivity index (χ0) is 11.4. The molecule has 0 bridgehead atoms. The molecule has 0 aromatic carbocycles. The summed E-state index contributed by atoms with van der Waals surface area (Å²) in [6.07, 6.45) is 3.99. The van der Waals surface area contributed by atoms with Gasteiger partial charge < -0.3 is 10.6 Å². The second kappa shape index (κ2) is 4.95. The van der Waals surface area contributed by atoms with Crippen LogP contribution in [-0.4, -0.2) is 23.6 Å². The van der Waals surface area contributed by atoms with Crippen LogP contribution in [0.1, 0.15) is 25.3 Å². The Bertz CT molecular complexity index is 396. The third-order valence-corrected chi connectivity index (χ3v) is 2.98. The summed E-state index contributed by atoms with van der Waals surface area (Å²) < 4.78 is 0. The fraction of sp³-hybridized carbons (Fsp3) is 0.500. The molecule has 4 heteroatoms. The minimum absolute atomic E-state index is 0.398. The van der Waals surface area contributed by atoms with Crippen LogP contribution in [0.3, 0.4) is 0 Å². The third kappa shape index (κ3) is 2.50. The maximum Gasteiger partial charge on any atom is 0.127 e. The van der Waals surface area contributed by atoms with Crippen LogP contribution in [0.4, 0.5) is 5.82 Å². The zero-order valence-corrected chi connectivity index (χ0v) is 9.40. The maximum absolute atomic E-state index is 8.80. The Balaban J connectivity index is 2.05. The summed E-state index contributed by atoms with van der Waals surface area (Å²) in [5.41, 5.74) is 0.647. The zero-order valence-electron chi connectivity index (χ0n) is 9.40. The largest absolute Gasteiger partial charge is 0.366 e. The Hall–Kier alpha value is -1.60. The normalized spacial score (nSPS) is 24.8. The van der Waals surface area contributed by atoms with Gasteiger partial charge in [-0.2, -0.15) is 5.26 Å². The van der Waals surface area contributed by atoms with E-state index in [0.717, 1.165) is 18.8 Å². The van der Waals surface area contributed by atoms with Gasteiger partial charge in [0.05, 0.1) is 11.6 Å². The lowest BCUT2D eigenvalue weighted by atomic mass is 10.00. The predicted octanol–water partition coefficient (Wildman–Crippen LogP) is 1.51. The van der Waals surface area contributed by atoms with E-state index < -0.39 is 0 Å². The highest BCUT2D eigenvalue weighted by atomic mass is 15.1. The highest BCUT2D eigenvalue weighted by Crippen LogP contribution is 2.14. The van der Waals surface area contributed by atoms with Crippen molar-refractivity contribution in [1.29, 1.82) is 5.26 Å². The lowest BCUT2D eigenvalue weighted by molar-refractivity contribution is 0.389. The Morgan fingerprint density at radius 1 is 1.62 bits per heavy atom. The van der Waals surface area contributed by atoms with Gasteiger partial charge in [-0.05, 0) is 38.4 Å². The SMILES string of the molecule is CC1NCCCC1Nc1cc(C#N)ccn1. The molecule has 1 fully saturated rings. The first-order chi connectivity index (χ1) is 7.79. The monoisotopic (exact) mass is 216 g/mol. The summed E-state index contributed by atoms with van der Waals surface area (Å²) in [5.74, 6) is 0.791. The first-order valence-corrected chi connectivity index (χ1v) is 5.65. The number of hydrogen-bond acceptors (Lipinski definition) is 4. The van der Waals surface area contributed by atoms with Crippen molar-refractivity contribution < 1.29 is 0 Å². The Labute approximate surface area is 95.7 Å². The number of anilines is 1. The van der Waals surface area contributed by atoms with Gasteiger partial charge in [0.2, 0.25) is 0 Å². The molecule has 0 amide bonds. The van der Waals surface area contributed by atoms with Crippen LogP contribution in [0.25, 0.3) is 0 Å². The van der Waals surface area contributed by atoms with E-state index in [2.05, 4.69) is 28.6 Å². The molecule has 1 aliphatic heterocycles.